The first-order valence-electron chi connectivity index (χ1n) is 5.84. The van der Waals surface area contributed by atoms with E-state index in [1.54, 1.807) is 13.8 Å². The zero-order chi connectivity index (χ0) is 14.5. The molecule has 1 rings (SSSR count). The van der Waals surface area contributed by atoms with E-state index >= 15 is 0 Å². The van der Waals surface area contributed by atoms with Gasteiger partial charge < -0.3 is 10.5 Å². The molecule has 0 aliphatic heterocycles. The molecule has 0 saturated heterocycles. The lowest BCUT2D eigenvalue weighted by Crippen LogP contribution is -2.30. The average Bonchev–Trinajstić information content (AvgIpc) is 2.78. The highest BCUT2D eigenvalue weighted by Crippen LogP contribution is 2.13. The number of hydrogen-bond donors (Lipinski definition) is 3. The first-order chi connectivity index (χ1) is 8.88. The van der Waals surface area contributed by atoms with E-state index in [0.29, 0.717) is 6.42 Å². The number of nitrogens with one attached hydrogen (secondary N) is 2. The zero-order valence-corrected chi connectivity index (χ0v) is 11.7. The number of aromatic amines is 1. The fourth-order valence-electron chi connectivity index (χ4n) is 1.33. The Morgan fingerprint density at radius 3 is 2.89 bits per heavy atom. The van der Waals surface area contributed by atoms with Gasteiger partial charge in [0.25, 0.3) is 10.0 Å². The van der Waals surface area contributed by atoms with Crippen LogP contribution in [-0.4, -0.2) is 43.8 Å². The molecule has 0 bridgehead atoms. The molecule has 0 amide bonds. The van der Waals surface area contributed by atoms with Crippen molar-refractivity contribution in [2.75, 3.05) is 13.2 Å². The lowest BCUT2D eigenvalue weighted by molar-refractivity contribution is 0.0522. The van der Waals surface area contributed by atoms with Gasteiger partial charge in [-0.15, -0.1) is 0 Å². The van der Waals surface area contributed by atoms with Gasteiger partial charge in [0, 0.05) is 12.6 Å². The molecule has 1 heterocycles. The number of ether oxygens (including phenoxy) is 1. The van der Waals surface area contributed by atoms with Crippen molar-refractivity contribution < 1.29 is 17.9 Å². The summed E-state index contributed by atoms with van der Waals surface area (Å²) in [5, 5.41) is 5.56. The third kappa shape index (κ3) is 4.30. The standard InChI is InChI=1S/C10H18N4O4S/c1-3-18-10(15)8-6-12-14-9(8)19(16,17)13-5-4-7(2)11/h6-7,13H,3-5,11H2,1-2H3,(H,12,14). The molecule has 0 saturated carbocycles. The van der Waals surface area contributed by atoms with Crippen LogP contribution in [0, 0.1) is 0 Å². The Morgan fingerprint density at radius 1 is 1.63 bits per heavy atom. The van der Waals surface area contributed by atoms with E-state index in [1.807, 2.05) is 0 Å². The van der Waals surface area contributed by atoms with Crippen molar-refractivity contribution in [2.45, 2.75) is 31.3 Å². The van der Waals surface area contributed by atoms with Crippen molar-refractivity contribution in [3.05, 3.63) is 11.8 Å². The minimum absolute atomic E-state index is 0.116. The SMILES string of the molecule is CCOC(=O)c1cn[nH]c1S(=O)(=O)NCCC(C)N. The summed E-state index contributed by atoms with van der Waals surface area (Å²) >= 11 is 0. The third-order valence-corrected chi connectivity index (χ3v) is 3.69. The highest BCUT2D eigenvalue weighted by molar-refractivity contribution is 7.89. The molecule has 1 aromatic heterocycles. The molecular weight excluding hydrogens is 272 g/mol. The van der Waals surface area contributed by atoms with Gasteiger partial charge >= 0.3 is 5.97 Å². The number of nitrogens with zero attached hydrogens (tertiary/aromatic N) is 1. The molecule has 0 fully saturated rings. The smallest absolute Gasteiger partial charge is 0.342 e. The second-order valence-corrected chi connectivity index (χ2v) is 5.70. The van der Waals surface area contributed by atoms with Gasteiger partial charge in [-0.25, -0.2) is 17.9 Å². The minimum atomic E-state index is -3.83. The number of H-pyrrole nitrogens is 1. The lowest BCUT2D eigenvalue weighted by Gasteiger charge is -2.08. The number of rotatable bonds is 7. The lowest BCUT2D eigenvalue weighted by atomic mass is 10.3. The maximum Gasteiger partial charge on any atom is 0.342 e. The van der Waals surface area contributed by atoms with Crippen LogP contribution in [0.25, 0.3) is 0 Å². The van der Waals surface area contributed by atoms with E-state index in [-0.39, 0.29) is 29.8 Å². The summed E-state index contributed by atoms with van der Waals surface area (Å²) in [5.74, 6) is -0.733. The van der Waals surface area contributed by atoms with Crippen LogP contribution < -0.4 is 10.5 Å². The molecule has 0 spiro atoms. The molecule has 8 nitrogen and oxygen atoms in total. The van der Waals surface area contributed by atoms with Crippen LogP contribution >= 0.6 is 0 Å². The largest absolute Gasteiger partial charge is 0.462 e. The Balaban J connectivity index is 2.84. The van der Waals surface area contributed by atoms with E-state index in [1.165, 1.54) is 0 Å². The summed E-state index contributed by atoms with van der Waals surface area (Å²) < 4.78 is 31.0. The van der Waals surface area contributed by atoms with Gasteiger partial charge in [-0.05, 0) is 20.3 Å². The number of sulfonamides is 1. The van der Waals surface area contributed by atoms with Crippen LogP contribution in [0.4, 0.5) is 0 Å². The van der Waals surface area contributed by atoms with Crippen LogP contribution in [0.5, 0.6) is 0 Å². The van der Waals surface area contributed by atoms with Gasteiger partial charge in [0.15, 0.2) is 5.03 Å². The van der Waals surface area contributed by atoms with Crippen LogP contribution in [-0.2, 0) is 14.8 Å². The monoisotopic (exact) mass is 290 g/mol. The predicted octanol–water partition coefficient (Wildman–Crippen LogP) is -0.398. The summed E-state index contributed by atoms with van der Waals surface area (Å²) in [4.78, 5) is 11.6. The van der Waals surface area contributed by atoms with E-state index in [0.717, 1.165) is 6.20 Å². The van der Waals surface area contributed by atoms with Gasteiger partial charge in [-0.2, -0.15) is 5.10 Å². The summed E-state index contributed by atoms with van der Waals surface area (Å²) in [6.07, 6.45) is 1.61. The summed E-state index contributed by atoms with van der Waals surface area (Å²) in [6, 6.07) is -0.117. The zero-order valence-electron chi connectivity index (χ0n) is 10.8. The number of carbonyl (C=O) groups excluding carboxylic acids is 1. The van der Waals surface area contributed by atoms with Crippen molar-refractivity contribution in [1.82, 2.24) is 14.9 Å². The highest BCUT2D eigenvalue weighted by Gasteiger charge is 2.25. The van der Waals surface area contributed by atoms with Crippen LogP contribution in [0.2, 0.25) is 0 Å². The van der Waals surface area contributed by atoms with Crippen molar-refractivity contribution in [3.63, 3.8) is 0 Å². The van der Waals surface area contributed by atoms with Crippen molar-refractivity contribution in [3.8, 4) is 0 Å². The topological polar surface area (TPSA) is 127 Å². The van der Waals surface area contributed by atoms with E-state index in [2.05, 4.69) is 14.9 Å². The van der Waals surface area contributed by atoms with Crippen molar-refractivity contribution in [1.29, 1.82) is 0 Å². The first kappa shape index (κ1) is 15.6. The molecule has 0 radical (unpaired) electrons. The molecule has 0 aromatic carbocycles. The van der Waals surface area contributed by atoms with Crippen LogP contribution in [0.1, 0.15) is 30.6 Å². The Bertz CT molecular complexity index is 523. The Labute approximate surface area is 111 Å². The summed E-state index contributed by atoms with van der Waals surface area (Å²) in [6.45, 7) is 3.74. The second-order valence-electron chi connectivity index (χ2n) is 4.00. The number of nitrogens with two attached hydrogens (primary N) is 1. The third-order valence-electron chi connectivity index (χ3n) is 2.26. The average molecular weight is 290 g/mol. The number of aromatic nitrogens is 2. The number of carbonyl (C=O) groups is 1. The minimum Gasteiger partial charge on any atom is -0.462 e. The van der Waals surface area contributed by atoms with Gasteiger partial charge in [-0.1, -0.05) is 0 Å². The normalized spacial score (nSPS) is 13.2. The number of esters is 1. The quantitative estimate of drug-likeness (QED) is 0.586. The van der Waals surface area contributed by atoms with E-state index in [4.69, 9.17) is 10.5 Å². The van der Waals surface area contributed by atoms with E-state index in [9.17, 15) is 13.2 Å². The van der Waals surface area contributed by atoms with Gasteiger partial charge in [0.1, 0.15) is 5.56 Å². The summed E-state index contributed by atoms with van der Waals surface area (Å²) in [5.41, 5.74) is 5.41. The molecule has 9 heteroatoms. The van der Waals surface area contributed by atoms with Crippen LogP contribution in [0.3, 0.4) is 0 Å². The molecule has 4 N–H and O–H groups in total. The van der Waals surface area contributed by atoms with Gasteiger partial charge in [0.2, 0.25) is 0 Å². The molecule has 0 aliphatic carbocycles. The summed E-state index contributed by atoms with van der Waals surface area (Å²) in [7, 11) is -3.83. The molecule has 1 unspecified atom stereocenters. The predicted molar refractivity (Wildman–Crippen MR) is 68.0 cm³/mol. The molecule has 1 aromatic rings. The fraction of sp³-hybridized carbons (Fsp3) is 0.600. The maximum absolute atomic E-state index is 12.0. The Kier molecular flexibility index (Phi) is 5.45. The van der Waals surface area contributed by atoms with Crippen LogP contribution in [0.15, 0.2) is 11.2 Å². The van der Waals surface area contributed by atoms with Crippen molar-refractivity contribution in [2.24, 2.45) is 5.73 Å². The highest BCUT2D eigenvalue weighted by atomic mass is 32.2. The molecule has 19 heavy (non-hydrogen) atoms. The fourth-order valence-corrected chi connectivity index (χ4v) is 2.46. The first-order valence-corrected chi connectivity index (χ1v) is 7.32. The second kappa shape index (κ2) is 6.64. The molecule has 108 valence electrons. The Morgan fingerprint density at radius 2 is 2.32 bits per heavy atom. The van der Waals surface area contributed by atoms with Gasteiger partial charge in [-0.3, -0.25) is 5.10 Å². The maximum atomic E-state index is 12.0. The van der Waals surface area contributed by atoms with Crippen molar-refractivity contribution >= 4 is 16.0 Å². The Hall–Kier alpha value is -1.45. The van der Waals surface area contributed by atoms with E-state index < -0.39 is 16.0 Å². The number of hydrogen-bond acceptors (Lipinski definition) is 6. The molecule has 1 atom stereocenters. The van der Waals surface area contributed by atoms with Gasteiger partial charge in [0.05, 0.1) is 12.8 Å². The molecule has 0 aliphatic rings. The molecular formula is C10H18N4O4S.